The SMILES string of the molecule is Cc1ccc(-c2n[nH]c3c2C(c2ccc(C(C)C)cc2)N(Cc2cccnc2)C3=O)cc1. The second kappa shape index (κ2) is 8.08. The number of aromatic nitrogens is 3. The van der Waals surface area contributed by atoms with E-state index in [2.05, 4.69) is 84.5 Å². The molecule has 0 aliphatic carbocycles. The highest BCUT2D eigenvalue weighted by atomic mass is 16.2. The molecule has 0 saturated heterocycles. The number of nitrogens with one attached hydrogen (secondary N) is 1. The van der Waals surface area contributed by atoms with Crippen LogP contribution in [0.5, 0.6) is 0 Å². The van der Waals surface area contributed by atoms with Crippen molar-refractivity contribution < 1.29 is 4.79 Å². The first-order valence-electron chi connectivity index (χ1n) is 11.0. The Morgan fingerprint density at radius 1 is 1.03 bits per heavy atom. The molecule has 1 aliphatic heterocycles. The number of carbonyl (C=O) groups is 1. The largest absolute Gasteiger partial charge is 0.322 e. The first-order chi connectivity index (χ1) is 15.5. The number of benzene rings is 2. The maximum Gasteiger partial charge on any atom is 0.273 e. The minimum atomic E-state index is -0.214. The summed E-state index contributed by atoms with van der Waals surface area (Å²) >= 11 is 0. The standard InChI is InChI=1S/C27H26N4O/c1-17(2)20-10-12-22(13-11-20)26-23-24(21-8-6-18(3)7-9-21)29-30-25(23)27(32)31(26)16-19-5-4-14-28-15-19/h4-15,17,26H,16H2,1-3H3,(H,29,30). The molecule has 5 rings (SSSR count). The summed E-state index contributed by atoms with van der Waals surface area (Å²) in [4.78, 5) is 19.6. The monoisotopic (exact) mass is 422 g/mol. The summed E-state index contributed by atoms with van der Waals surface area (Å²) in [6, 6.07) is 20.6. The Balaban J connectivity index is 1.63. The van der Waals surface area contributed by atoms with Crippen LogP contribution < -0.4 is 0 Å². The Labute approximate surface area is 188 Å². The van der Waals surface area contributed by atoms with E-state index in [1.807, 2.05) is 23.2 Å². The van der Waals surface area contributed by atoms with Crippen molar-refractivity contribution >= 4 is 5.91 Å². The third-order valence-electron chi connectivity index (χ3n) is 6.18. The maximum absolute atomic E-state index is 13.5. The number of amides is 1. The molecule has 5 nitrogen and oxygen atoms in total. The number of nitrogens with zero attached hydrogens (tertiary/aromatic N) is 3. The highest BCUT2D eigenvalue weighted by molar-refractivity contribution is 6.00. The first-order valence-corrected chi connectivity index (χ1v) is 11.0. The lowest BCUT2D eigenvalue weighted by Crippen LogP contribution is -2.29. The average Bonchev–Trinajstić information content (AvgIpc) is 3.34. The molecular weight excluding hydrogens is 396 g/mol. The number of carbonyl (C=O) groups excluding carboxylic acids is 1. The van der Waals surface area contributed by atoms with Crippen LogP contribution in [0.15, 0.2) is 73.1 Å². The molecule has 1 atom stereocenters. The van der Waals surface area contributed by atoms with E-state index in [1.54, 1.807) is 6.20 Å². The summed E-state index contributed by atoms with van der Waals surface area (Å²) in [5, 5.41) is 7.60. The topological polar surface area (TPSA) is 61.9 Å². The van der Waals surface area contributed by atoms with Crippen molar-refractivity contribution in [1.29, 1.82) is 0 Å². The zero-order valence-corrected chi connectivity index (χ0v) is 18.5. The second-order valence-corrected chi connectivity index (χ2v) is 8.75. The molecule has 1 N–H and O–H groups in total. The number of aryl methyl sites for hydroxylation is 1. The Kier molecular flexibility index (Phi) is 5.10. The summed E-state index contributed by atoms with van der Waals surface area (Å²) in [7, 11) is 0. The Bertz CT molecular complexity index is 1240. The van der Waals surface area contributed by atoms with Crippen LogP contribution in [-0.2, 0) is 6.54 Å². The van der Waals surface area contributed by atoms with E-state index in [0.717, 1.165) is 27.9 Å². The van der Waals surface area contributed by atoms with Gasteiger partial charge < -0.3 is 4.90 Å². The average molecular weight is 423 g/mol. The van der Waals surface area contributed by atoms with Crippen LogP contribution >= 0.6 is 0 Å². The first kappa shape index (κ1) is 20.2. The van der Waals surface area contributed by atoms with Crippen LogP contribution in [0.25, 0.3) is 11.3 Å². The van der Waals surface area contributed by atoms with Crippen LogP contribution in [0.3, 0.4) is 0 Å². The third-order valence-corrected chi connectivity index (χ3v) is 6.18. The zero-order chi connectivity index (χ0) is 22.2. The molecule has 1 unspecified atom stereocenters. The Morgan fingerprint density at radius 3 is 2.44 bits per heavy atom. The molecule has 0 radical (unpaired) electrons. The van der Waals surface area contributed by atoms with Gasteiger partial charge in [-0.15, -0.1) is 0 Å². The van der Waals surface area contributed by atoms with Gasteiger partial charge >= 0.3 is 0 Å². The van der Waals surface area contributed by atoms with Crippen LogP contribution in [-0.4, -0.2) is 26.0 Å². The van der Waals surface area contributed by atoms with Crippen molar-refractivity contribution in [3.05, 3.63) is 107 Å². The number of hydrogen-bond donors (Lipinski definition) is 1. The van der Waals surface area contributed by atoms with E-state index in [1.165, 1.54) is 11.1 Å². The van der Waals surface area contributed by atoms with Crippen LogP contribution in [0.2, 0.25) is 0 Å². The summed E-state index contributed by atoms with van der Waals surface area (Å²) in [5.41, 5.74) is 7.91. The molecule has 3 heterocycles. The van der Waals surface area contributed by atoms with Crippen molar-refractivity contribution in [2.75, 3.05) is 0 Å². The van der Waals surface area contributed by atoms with Gasteiger partial charge in [0.25, 0.3) is 5.91 Å². The predicted octanol–water partition coefficient (Wildman–Crippen LogP) is 5.65. The van der Waals surface area contributed by atoms with Crippen molar-refractivity contribution in [2.24, 2.45) is 0 Å². The van der Waals surface area contributed by atoms with Crippen LogP contribution in [0, 0.1) is 6.92 Å². The van der Waals surface area contributed by atoms with E-state index in [0.29, 0.717) is 18.2 Å². The third kappa shape index (κ3) is 3.50. The highest BCUT2D eigenvalue weighted by Gasteiger charge is 2.42. The Hall–Kier alpha value is -3.73. The lowest BCUT2D eigenvalue weighted by atomic mass is 9.93. The van der Waals surface area contributed by atoms with Gasteiger partial charge in [-0.25, -0.2) is 0 Å². The van der Waals surface area contributed by atoms with Crippen molar-refractivity contribution in [3.8, 4) is 11.3 Å². The lowest BCUT2D eigenvalue weighted by Gasteiger charge is -2.26. The fourth-order valence-corrected chi connectivity index (χ4v) is 4.39. The van der Waals surface area contributed by atoms with Gasteiger partial charge in [-0.1, -0.05) is 74.0 Å². The lowest BCUT2D eigenvalue weighted by molar-refractivity contribution is 0.0730. The molecule has 1 aliphatic rings. The van der Waals surface area contributed by atoms with Crippen molar-refractivity contribution in [3.63, 3.8) is 0 Å². The van der Waals surface area contributed by atoms with E-state index < -0.39 is 0 Å². The summed E-state index contributed by atoms with van der Waals surface area (Å²) in [5.74, 6) is 0.418. The number of hydrogen-bond acceptors (Lipinski definition) is 3. The van der Waals surface area contributed by atoms with Crippen LogP contribution in [0.1, 0.15) is 64.1 Å². The van der Waals surface area contributed by atoms with E-state index >= 15 is 0 Å². The Morgan fingerprint density at radius 2 is 1.78 bits per heavy atom. The van der Waals surface area contributed by atoms with Crippen molar-refractivity contribution in [2.45, 2.75) is 39.3 Å². The van der Waals surface area contributed by atoms with Gasteiger partial charge in [0.05, 0.1) is 11.7 Å². The van der Waals surface area contributed by atoms with Gasteiger partial charge in [-0.3, -0.25) is 14.9 Å². The molecule has 4 aromatic rings. The molecule has 160 valence electrons. The van der Waals surface area contributed by atoms with Gasteiger partial charge in [0, 0.05) is 30.1 Å². The minimum absolute atomic E-state index is 0.0346. The zero-order valence-electron chi connectivity index (χ0n) is 18.5. The molecule has 32 heavy (non-hydrogen) atoms. The molecule has 1 amide bonds. The van der Waals surface area contributed by atoms with Gasteiger partial charge in [0.1, 0.15) is 5.69 Å². The maximum atomic E-state index is 13.5. The number of aromatic amines is 1. The van der Waals surface area contributed by atoms with Gasteiger partial charge in [0.2, 0.25) is 0 Å². The summed E-state index contributed by atoms with van der Waals surface area (Å²) in [6.45, 7) is 6.93. The van der Waals surface area contributed by atoms with Gasteiger partial charge in [-0.05, 0) is 35.6 Å². The molecule has 0 fully saturated rings. The normalized spacial score (nSPS) is 15.4. The summed E-state index contributed by atoms with van der Waals surface area (Å²) in [6.07, 6.45) is 3.57. The van der Waals surface area contributed by atoms with Crippen LogP contribution in [0.4, 0.5) is 0 Å². The quantitative estimate of drug-likeness (QED) is 0.452. The molecular formula is C27H26N4O. The van der Waals surface area contributed by atoms with E-state index in [9.17, 15) is 4.79 Å². The second-order valence-electron chi connectivity index (χ2n) is 8.75. The molecule has 0 spiro atoms. The molecule has 0 saturated carbocycles. The van der Waals surface area contributed by atoms with E-state index in [-0.39, 0.29) is 11.9 Å². The smallest absolute Gasteiger partial charge is 0.273 e. The molecule has 2 aromatic heterocycles. The number of pyridine rings is 1. The van der Waals surface area contributed by atoms with Gasteiger partial charge in [0.15, 0.2) is 0 Å². The molecule has 0 bridgehead atoms. The number of fused-ring (bicyclic) bond motifs is 1. The summed E-state index contributed by atoms with van der Waals surface area (Å²) < 4.78 is 0. The number of rotatable bonds is 5. The predicted molar refractivity (Wildman–Crippen MR) is 125 cm³/mol. The van der Waals surface area contributed by atoms with Crippen molar-refractivity contribution in [1.82, 2.24) is 20.1 Å². The molecule has 5 heteroatoms. The van der Waals surface area contributed by atoms with Gasteiger partial charge in [-0.2, -0.15) is 5.10 Å². The molecule has 2 aromatic carbocycles. The fraction of sp³-hybridized carbons (Fsp3) is 0.222. The van der Waals surface area contributed by atoms with E-state index in [4.69, 9.17) is 0 Å². The minimum Gasteiger partial charge on any atom is -0.322 e. The fourth-order valence-electron chi connectivity index (χ4n) is 4.39. The highest BCUT2D eigenvalue weighted by Crippen LogP contribution is 2.43. The number of H-pyrrole nitrogens is 1.